The van der Waals surface area contributed by atoms with Gasteiger partial charge in [0.05, 0.1) is 12.1 Å². The van der Waals surface area contributed by atoms with Gasteiger partial charge in [0.1, 0.15) is 5.75 Å². The number of unbranched alkanes of at least 4 members (excludes halogenated alkanes) is 1. The Hall–Kier alpha value is -3.53. The van der Waals surface area contributed by atoms with Gasteiger partial charge < -0.3 is 10.1 Å². The van der Waals surface area contributed by atoms with Crippen LogP contribution in [0.15, 0.2) is 79.0 Å². The smallest absolute Gasteiger partial charge is 0.330 e. The molecule has 4 aromatic rings. The van der Waals surface area contributed by atoms with Crippen molar-refractivity contribution in [1.29, 1.82) is 0 Å². The first kappa shape index (κ1) is 21.7. The third-order valence-corrected chi connectivity index (χ3v) is 5.68. The van der Waals surface area contributed by atoms with Crippen LogP contribution in [0.3, 0.4) is 0 Å². The van der Waals surface area contributed by atoms with E-state index < -0.39 is 0 Å². The maximum atomic E-state index is 13.2. The standard InChI is InChI=1S/C28H30N2O2/c1-4-5-18-32-22-16-14-21(15-17-22)29-28(31)30-19-26(25-12-8-9-13-27(25)30)24-11-7-6-10-23(24)20(2)3/h6-17,19-20H,4-5,18H2,1-3H3,(H,29,31). The molecule has 3 aromatic carbocycles. The highest BCUT2D eigenvalue weighted by Crippen LogP contribution is 2.35. The molecule has 0 aliphatic heterocycles. The molecule has 0 radical (unpaired) electrons. The lowest BCUT2D eigenvalue weighted by Crippen LogP contribution is -2.18. The fourth-order valence-corrected chi connectivity index (χ4v) is 3.96. The largest absolute Gasteiger partial charge is 0.494 e. The highest BCUT2D eigenvalue weighted by molar-refractivity contribution is 6.05. The fourth-order valence-electron chi connectivity index (χ4n) is 3.96. The number of nitrogens with one attached hydrogen (secondary N) is 1. The highest BCUT2D eigenvalue weighted by Gasteiger charge is 2.17. The summed E-state index contributed by atoms with van der Waals surface area (Å²) in [6.07, 6.45) is 4.08. The van der Waals surface area contributed by atoms with Crippen LogP contribution < -0.4 is 10.1 Å². The van der Waals surface area contributed by atoms with Gasteiger partial charge in [-0.05, 0) is 53.8 Å². The molecule has 1 amide bonds. The number of carbonyl (C=O) groups excluding carboxylic acids is 1. The molecule has 1 aromatic heterocycles. The first-order chi connectivity index (χ1) is 15.6. The maximum absolute atomic E-state index is 13.2. The minimum absolute atomic E-state index is 0.186. The third-order valence-electron chi connectivity index (χ3n) is 5.68. The van der Waals surface area contributed by atoms with E-state index in [0.29, 0.717) is 12.5 Å². The van der Waals surface area contributed by atoms with E-state index in [0.717, 1.165) is 40.7 Å². The zero-order valence-electron chi connectivity index (χ0n) is 19.0. The van der Waals surface area contributed by atoms with Gasteiger partial charge in [-0.3, -0.25) is 4.57 Å². The van der Waals surface area contributed by atoms with Crippen molar-refractivity contribution in [3.63, 3.8) is 0 Å². The normalized spacial score (nSPS) is 11.1. The lowest BCUT2D eigenvalue weighted by atomic mass is 9.92. The summed E-state index contributed by atoms with van der Waals surface area (Å²) in [6.45, 7) is 7.23. The topological polar surface area (TPSA) is 43.3 Å². The van der Waals surface area contributed by atoms with Crippen molar-refractivity contribution in [2.45, 2.75) is 39.5 Å². The van der Waals surface area contributed by atoms with E-state index in [1.54, 1.807) is 4.57 Å². The van der Waals surface area contributed by atoms with Crippen molar-refractivity contribution >= 4 is 22.6 Å². The Balaban J connectivity index is 1.63. The first-order valence-corrected chi connectivity index (χ1v) is 11.3. The van der Waals surface area contributed by atoms with Gasteiger partial charge in [0.2, 0.25) is 0 Å². The summed E-state index contributed by atoms with van der Waals surface area (Å²) in [6, 6.07) is 23.8. The van der Waals surface area contributed by atoms with Crippen LogP contribution in [-0.4, -0.2) is 17.2 Å². The van der Waals surface area contributed by atoms with Gasteiger partial charge in [-0.2, -0.15) is 0 Å². The van der Waals surface area contributed by atoms with Gasteiger partial charge in [-0.15, -0.1) is 0 Å². The average molecular weight is 427 g/mol. The monoisotopic (exact) mass is 426 g/mol. The molecule has 0 saturated carbocycles. The molecule has 0 bridgehead atoms. The fraction of sp³-hybridized carbons (Fsp3) is 0.250. The van der Waals surface area contributed by atoms with E-state index in [9.17, 15) is 4.79 Å². The Morgan fingerprint density at radius 3 is 2.41 bits per heavy atom. The first-order valence-electron chi connectivity index (χ1n) is 11.3. The van der Waals surface area contributed by atoms with Gasteiger partial charge in [0, 0.05) is 22.8 Å². The molecule has 0 atom stereocenters. The minimum atomic E-state index is -0.186. The molecule has 1 heterocycles. The molecule has 0 fully saturated rings. The van der Waals surface area contributed by atoms with Crippen molar-refractivity contribution in [1.82, 2.24) is 4.57 Å². The van der Waals surface area contributed by atoms with Crippen LogP contribution >= 0.6 is 0 Å². The van der Waals surface area contributed by atoms with Crippen LogP contribution in [-0.2, 0) is 0 Å². The van der Waals surface area contributed by atoms with Crippen LogP contribution in [0, 0.1) is 0 Å². The molecule has 0 aliphatic carbocycles. The zero-order chi connectivity index (χ0) is 22.5. The second kappa shape index (κ2) is 9.73. The highest BCUT2D eigenvalue weighted by atomic mass is 16.5. The molecule has 4 rings (SSSR count). The number of rotatable bonds is 7. The Morgan fingerprint density at radius 1 is 0.938 bits per heavy atom. The maximum Gasteiger partial charge on any atom is 0.330 e. The molecule has 0 saturated heterocycles. The number of fused-ring (bicyclic) bond motifs is 1. The Labute approximate surface area is 189 Å². The summed E-state index contributed by atoms with van der Waals surface area (Å²) in [4.78, 5) is 13.2. The number of carbonyl (C=O) groups is 1. The number of aromatic nitrogens is 1. The van der Waals surface area contributed by atoms with Crippen LogP contribution in [0.25, 0.3) is 22.0 Å². The summed E-state index contributed by atoms with van der Waals surface area (Å²) in [5.41, 5.74) is 5.13. The molecule has 0 aliphatic rings. The van der Waals surface area contributed by atoms with Gasteiger partial charge in [0.25, 0.3) is 0 Å². The summed E-state index contributed by atoms with van der Waals surface area (Å²) >= 11 is 0. The number of anilines is 1. The van der Waals surface area contributed by atoms with E-state index in [1.165, 1.54) is 11.1 Å². The SMILES string of the molecule is CCCCOc1ccc(NC(=O)n2cc(-c3ccccc3C(C)C)c3ccccc32)cc1. The van der Waals surface area contributed by atoms with Gasteiger partial charge in [0.15, 0.2) is 0 Å². The molecule has 4 heteroatoms. The minimum Gasteiger partial charge on any atom is -0.494 e. The molecule has 0 unspecified atom stereocenters. The summed E-state index contributed by atoms with van der Waals surface area (Å²) in [5, 5.41) is 4.08. The van der Waals surface area contributed by atoms with Crippen molar-refractivity contribution < 1.29 is 9.53 Å². The predicted molar refractivity (Wildman–Crippen MR) is 133 cm³/mol. The van der Waals surface area contributed by atoms with Crippen LogP contribution in [0.5, 0.6) is 5.75 Å². The third kappa shape index (κ3) is 4.54. The van der Waals surface area contributed by atoms with Crippen molar-refractivity contribution in [3.05, 3.63) is 84.6 Å². The Kier molecular flexibility index (Phi) is 6.60. The molecule has 0 spiro atoms. The molecule has 4 nitrogen and oxygen atoms in total. The number of benzene rings is 3. The van der Waals surface area contributed by atoms with Crippen LogP contribution in [0.1, 0.15) is 45.1 Å². The lowest BCUT2D eigenvalue weighted by molar-refractivity contribution is 0.254. The van der Waals surface area contributed by atoms with Crippen molar-refractivity contribution in [3.8, 4) is 16.9 Å². The quantitative estimate of drug-likeness (QED) is 0.308. The van der Waals surface area contributed by atoms with Crippen molar-refractivity contribution in [2.75, 3.05) is 11.9 Å². The Bertz CT molecular complexity index is 1210. The second-order valence-electron chi connectivity index (χ2n) is 8.33. The molecular weight excluding hydrogens is 396 g/mol. The zero-order valence-corrected chi connectivity index (χ0v) is 19.0. The molecular formula is C28H30N2O2. The molecule has 1 N–H and O–H groups in total. The van der Waals surface area contributed by atoms with Gasteiger partial charge in [-0.1, -0.05) is 69.7 Å². The number of amides is 1. The molecule has 32 heavy (non-hydrogen) atoms. The second-order valence-corrected chi connectivity index (χ2v) is 8.33. The van der Waals surface area contributed by atoms with E-state index in [-0.39, 0.29) is 6.03 Å². The van der Waals surface area contributed by atoms with E-state index in [1.807, 2.05) is 48.7 Å². The number of ether oxygens (including phenoxy) is 1. The van der Waals surface area contributed by atoms with E-state index in [4.69, 9.17) is 4.74 Å². The average Bonchev–Trinajstić information content (AvgIpc) is 3.20. The van der Waals surface area contributed by atoms with Crippen LogP contribution in [0.2, 0.25) is 0 Å². The molecule has 164 valence electrons. The van der Waals surface area contributed by atoms with Crippen molar-refractivity contribution in [2.24, 2.45) is 0 Å². The summed E-state index contributed by atoms with van der Waals surface area (Å²) in [5.74, 6) is 1.20. The number of nitrogens with zero attached hydrogens (tertiary/aromatic N) is 1. The van der Waals surface area contributed by atoms with Gasteiger partial charge >= 0.3 is 6.03 Å². The summed E-state index contributed by atoms with van der Waals surface area (Å²) in [7, 11) is 0. The summed E-state index contributed by atoms with van der Waals surface area (Å²) < 4.78 is 7.42. The lowest BCUT2D eigenvalue weighted by Gasteiger charge is -2.12. The van der Waals surface area contributed by atoms with Crippen LogP contribution in [0.4, 0.5) is 10.5 Å². The number of para-hydroxylation sites is 1. The van der Waals surface area contributed by atoms with E-state index >= 15 is 0 Å². The number of hydrogen-bond acceptors (Lipinski definition) is 2. The Morgan fingerprint density at radius 2 is 1.66 bits per heavy atom. The van der Waals surface area contributed by atoms with E-state index in [2.05, 4.69) is 56.4 Å². The van der Waals surface area contributed by atoms with Gasteiger partial charge in [-0.25, -0.2) is 4.79 Å². The predicted octanol–water partition coefficient (Wildman–Crippen LogP) is 7.69. The number of hydrogen-bond donors (Lipinski definition) is 1.